The van der Waals surface area contributed by atoms with Crippen LogP contribution in [-0.2, 0) is 11.2 Å². The maximum absolute atomic E-state index is 12.8. The summed E-state index contributed by atoms with van der Waals surface area (Å²) in [7, 11) is 1.99. The highest BCUT2D eigenvalue weighted by Gasteiger charge is 2.37. The summed E-state index contributed by atoms with van der Waals surface area (Å²) >= 11 is 0. The van der Waals surface area contributed by atoms with Crippen molar-refractivity contribution in [3.05, 3.63) is 35.9 Å². The van der Waals surface area contributed by atoms with Crippen LogP contribution in [0, 0.1) is 0 Å². The average molecular weight is 331 g/mol. The first kappa shape index (κ1) is 16.8. The first-order valence-electron chi connectivity index (χ1n) is 8.59. The lowest BCUT2D eigenvalue weighted by Crippen LogP contribution is -2.59. The number of likely N-dealkylation sites (tertiary alicyclic amines) is 1. The van der Waals surface area contributed by atoms with Gasteiger partial charge in [0.2, 0.25) is 5.91 Å². The number of hydrogen-bond donors (Lipinski definition) is 1. The average Bonchev–Trinajstić information content (AvgIpc) is 3.01. The lowest BCUT2D eigenvalue weighted by atomic mass is 10.0. The Bertz CT molecular complexity index is 592. The fourth-order valence-corrected chi connectivity index (χ4v) is 3.80. The van der Waals surface area contributed by atoms with E-state index in [2.05, 4.69) is 4.90 Å². The molecular formula is C18H25N3O3. The van der Waals surface area contributed by atoms with Crippen molar-refractivity contribution in [3.63, 3.8) is 0 Å². The molecule has 2 fully saturated rings. The monoisotopic (exact) mass is 331 g/mol. The second-order valence-corrected chi connectivity index (χ2v) is 6.74. The molecule has 2 atom stereocenters. The minimum atomic E-state index is -0.902. The Morgan fingerprint density at radius 1 is 1.17 bits per heavy atom. The molecule has 2 unspecified atom stereocenters. The van der Waals surface area contributed by atoms with E-state index in [1.54, 1.807) is 0 Å². The summed E-state index contributed by atoms with van der Waals surface area (Å²) in [6, 6.07) is 9.65. The predicted octanol–water partition coefficient (Wildman–Crippen LogP) is 1.51. The zero-order chi connectivity index (χ0) is 17.1. The van der Waals surface area contributed by atoms with E-state index in [4.69, 9.17) is 0 Å². The summed E-state index contributed by atoms with van der Waals surface area (Å²) in [6.07, 6.45) is 1.69. The van der Waals surface area contributed by atoms with Crippen LogP contribution in [0.1, 0.15) is 18.4 Å². The molecule has 6 nitrogen and oxygen atoms in total. The Kier molecular flexibility index (Phi) is 5.04. The van der Waals surface area contributed by atoms with Crippen molar-refractivity contribution in [2.75, 3.05) is 33.2 Å². The van der Waals surface area contributed by atoms with Crippen LogP contribution in [0.15, 0.2) is 30.3 Å². The summed E-state index contributed by atoms with van der Waals surface area (Å²) < 4.78 is 0. The normalized spacial score (nSPS) is 25.0. The molecule has 24 heavy (non-hydrogen) atoms. The highest BCUT2D eigenvalue weighted by atomic mass is 16.4. The van der Waals surface area contributed by atoms with Crippen LogP contribution in [0.25, 0.3) is 0 Å². The lowest BCUT2D eigenvalue weighted by molar-refractivity contribution is -0.138. The van der Waals surface area contributed by atoms with E-state index in [0.29, 0.717) is 26.1 Å². The third-order valence-electron chi connectivity index (χ3n) is 5.16. The van der Waals surface area contributed by atoms with Gasteiger partial charge in [-0.05, 0) is 38.4 Å². The smallest absolute Gasteiger partial charge is 0.407 e. The molecule has 2 heterocycles. The van der Waals surface area contributed by atoms with Gasteiger partial charge in [-0.1, -0.05) is 30.3 Å². The van der Waals surface area contributed by atoms with Gasteiger partial charge in [0.1, 0.15) is 0 Å². The van der Waals surface area contributed by atoms with Crippen LogP contribution < -0.4 is 0 Å². The van der Waals surface area contributed by atoms with Gasteiger partial charge < -0.3 is 14.9 Å². The number of rotatable bonds is 3. The van der Waals surface area contributed by atoms with Crippen molar-refractivity contribution in [3.8, 4) is 0 Å². The number of nitrogens with zero attached hydrogens (tertiary/aromatic N) is 3. The number of piperazine rings is 1. The van der Waals surface area contributed by atoms with Crippen molar-refractivity contribution in [1.82, 2.24) is 14.7 Å². The van der Waals surface area contributed by atoms with Gasteiger partial charge in [0, 0.05) is 19.6 Å². The first-order valence-corrected chi connectivity index (χ1v) is 8.59. The molecule has 3 rings (SSSR count). The molecule has 1 aromatic carbocycles. The fraction of sp³-hybridized carbons (Fsp3) is 0.556. The number of carbonyl (C=O) groups excluding carboxylic acids is 1. The van der Waals surface area contributed by atoms with E-state index in [9.17, 15) is 14.7 Å². The molecule has 0 radical (unpaired) electrons. The van der Waals surface area contributed by atoms with E-state index in [1.807, 2.05) is 42.3 Å². The Hall–Kier alpha value is -2.08. The van der Waals surface area contributed by atoms with Crippen LogP contribution in [0.2, 0.25) is 0 Å². The summed E-state index contributed by atoms with van der Waals surface area (Å²) in [4.78, 5) is 29.8. The molecule has 0 aromatic heterocycles. The van der Waals surface area contributed by atoms with Crippen molar-refractivity contribution in [2.45, 2.75) is 31.3 Å². The summed E-state index contributed by atoms with van der Waals surface area (Å²) in [5, 5.41) is 9.48. The van der Waals surface area contributed by atoms with Crippen molar-refractivity contribution in [2.24, 2.45) is 0 Å². The lowest BCUT2D eigenvalue weighted by Gasteiger charge is -2.41. The number of hydrogen-bond acceptors (Lipinski definition) is 3. The fourth-order valence-electron chi connectivity index (χ4n) is 3.80. The number of likely N-dealkylation sites (N-methyl/N-ethyl adjacent to an activating group) is 1. The van der Waals surface area contributed by atoms with E-state index in [0.717, 1.165) is 24.9 Å². The first-order chi connectivity index (χ1) is 11.6. The van der Waals surface area contributed by atoms with E-state index in [1.165, 1.54) is 4.90 Å². The Morgan fingerprint density at radius 2 is 1.92 bits per heavy atom. The van der Waals surface area contributed by atoms with Crippen molar-refractivity contribution in [1.29, 1.82) is 0 Å². The van der Waals surface area contributed by atoms with E-state index < -0.39 is 6.09 Å². The topological polar surface area (TPSA) is 64.1 Å². The van der Waals surface area contributed by atoms with Crippen LogP contribution in [-0.4, -0.2) is 77.1 Å². The molecule has 2 amide bonds. The van der Waals surface area contributed by atoms with Crippen molar-refractivity contribution < 1.29 is 14.7 Å². The van der Waals surface area contributed by atoms with Gasteiger partial charge in [-0.15, -0.1) is 0 Å². The summed E-state index contributed by atoms with van der Waals surface area (Å²) in [5.74, 6) is 0.151. The highest BCUT2D eigenvalue weighted by Crippen LogP contribution is 2.21. The van der Waals surface area contributed by atoms with Gasteiger partial charge in [0.25, 0.3) is 0 Å². The van der Waals surface area contributed by atoms with Crippen LogP contribution >= 0.6 is 0 Å². The van der Waals surface area contributed by atoms with Gasteiger partial charge >= 0.3 is 6.09 Å². The second-order valence-electron chi connectivity index (χ2n) is 6.74. The Labute approximate surface area is 142 Å². The molecule has 6 heteroatoms. The maximum Gasteiger partial charge on any atom is 0.407 e. The van der Waals surface area contributed by atoms with Gasteiger partial charge in [-0.2, -0.15) is 0 Å². The number of benzene rings is 1. The number of carbonyl (C=O) groups is 2. The van der Waals surface area contributed by atoms with Gasteiger partial charge in [0.15, 0.2) is 0 Å². The van der Waals surface area contributed by atoms with Crippen LogP contribution in [0.3, 0.4) is 0 Å². The zero-order valence-corrected chi connectivity index (χ0v) is 14.1. The quantitative estimate of drug-likeness (QED) is 0.912. The number of amides is 2. The van der Waals surface area contributed by atoms with Gasteiger partial charge in [0.05, 0.1) is 12.1 Å². The number of carboxylic acid groups (broad SMARTS) is 1. The molecule has 1 N–H and O–H groups in total. The largest absolute Gasteiger partial charge is 0.465 e. The second kappa shape index (κ2) is 7.21. The Morgan fingerprint density at radius 3 is 2.54 bits per heavy atom. The molecule has 2 aliphatic heterocycles. The minimum absolute atomic E-state index is 0.0428. The molecule has 0 aliphatic carbocycles. The van der Waals surface area contributed by atoms with E-state index >= 15 is 0 Å². The standard InChI is InChI=1S/C18H25N3O3/c1-19-9-5-8-16(19)17(22)20-10-11-21(18(23)24)15(13-20)12-14-6-3-2-4-7-14/h2-4,6-7,15-16H,5,8-13H2,1H3,(H,23,24). The van der Waals surface area contributed by atoms with Crippen molar-refractivity contribution >= 4 is 12.0 Å². The van der Waals surface area contributed by atoms with Gasteiger partial charge in [-0.3, -0.25) is 9.69 Å². The SMILES string of the molecule is CN1CCCC1C(=O)N1CCN(C(=O)O)C(Cc2ccccc2)C1. The van der Waals surface area contributed by atoms with Gasteiger partial charge in [-0.25, -0.2) is 4.79 Å². The molecule has 0 saturated carbocycles. The third-order valence-corrected chi connectivity index (χ3v) is 5.16. The third kappa shape index (κ3) is 3.53. The molecule has 1 aromatic rings. The molecular weight excluding hydrogens is 306 g/mol. The summed E-state index contributed by atoms with van der Waals surface area (Å²) in [6.45, 7) is 2.30. The van der Waals surface area contributed by atoms with Crippen LogP contribution in [0.5, 0.6) is 0 Å². The Balaban J connectivity index is 1.71. The molecule has 2 saturated heterocycles. The van der Waals surface area contributed by atoms with Crippen LogP contribution in [0.4, 0.5) is 4.79 Å². The molecule has 2 aliphatic rings. The molecule has 0 spiro atoms. The summed E-state index contributed by atoms with van der Waals surface area (Å²) in [5.41, 5.74) is 1.10. The molecule has 130 valence electrons. The highest BCUT2D eigenvalue weighted by molar-refractivity contribution is 5.82. The zero-order valence-electron chi connectivity index (χ0n) is 14.1. The maximum atomic E-state index is 12.8. The minimum Gasteiger partial charge on any atom is -0.465 e. The molecule has 0 bridgehead atoms. The van der Waals surface area contributed by atoms with E-state index in [-0.39, 0.29) is 18.0 Å². The predicted molar refractivity (Wildman–Crippen MR) is 90.9 cm³/mol.